The third-order valence-corrected chi connectivity index (χ3v) is 8.34. The molecule has 0 fully saturated rings. The topological polar surface area (TPSA) is 98.9 Å². The second-order valence-corrected chi connectivity index (χ2v) is 11.3. The number of aromatic nitrogens is 4. The maximum atomic E-state index is 14.0. The summed E-state index contributed by atoms with van der Waals surface area (Å²) in [7, 11) is -1.57. The maximum absolute atomic E-state index is 14.0. The van der Waals surface area contributed by atoms with E-state index in [1.807, 2.05) is 6.07 Å². The van der Waals surface area contributed by atoms with E-state index in [0.717, 1.165) is 15.5 Å². The number of hydrogen-bond donors (Lipinski definition) is 1. The van der Waals surface area contributed by atoms with Gasteiger partial charge in [-0.1, -0.05) is 31.2 Å². The van der Waals surface area contributed by atoms with Gasteiger partial charge < -0.3 is 9.88 Å². The minimum atomic E-state index is -4.71. The molecule has 2 aromatic heterocycles. The van der Waals surface area contributed by atoms with E-state index in [0.29, 0.717) is 11.1 Å². The third kappa shape index (κ3) is 5.11. The molecule has 0 aliphatic rings. The highest BCUT2D eigenvalue weighted by molar-refractivity contribution is 7.91. The summed E-state index contributed by atoms with van der Waals surface area (Å²) >= 11 is 0. The molecule has 3 aromatic carbocycles. The Labute approximate surface area is 222 Å². The van der Waals surface area contributed by atoms with E-state index in [9.17, 15) is 26.4 Å². The minimum Gasteiger partial charge on any atom is -0.348 e. The lowest BCUT2D eigenvalue weighted by molar-refractivity contribution is -0.146. The molecule has 0 saturated carbocycles. The SMILES string of the molecule is CCS(=O)(=O)c1ccc(CNC(=O)c2ccc3c(c2)nc(C(F)(F)F)n3Cc2cccc3c2cnn3C)cc1. The van der Waals surface area contributed by atoms with Gasteiger partial charge in [-0.15, -0.1) is 0 Å². The van der Waals surface area contributed by atoms with E-state index in [2.05, 4.69) is 15.4 Å². The average Bonchev–Trinajstić information content (AvgIpc) is 3.48. The van der Waals surface area contributed by atoms with Crippen LogP contribution in [0.4, 0.5) is 13.2 Å². The lowest BCUT2D eigenvalue weighted by Crippen LogP contribution is -2.22. The number of amides is 1. The zero-order valence-electron chi connectivity index (χ0n) is 21.0. The molecule has 0 aliphatic carbocycles. The van der Waals surface area contributed by atoms with Crippen molar-refractivity contribution in [3.8, 4) is 0 Å². The van der Waals surface area contributed by atoms with Crippen LogP contribution in [0.3, 0.4) is 0 Å². The molecule has 0 radical (unpaired) electrons. The van der Waals surface area contributed by atoms with Gasteiger partial charge >= 0.3 is 6.18 Å². The Hall–Kier alpha value is -4.19. The summed E-state index contributed by atoms with van der Waals surface area (Å²) in [6, 6.07) is 15.8. The van der Waals surface area contributed by atoms with Crippen molar-refractivity contribution in [3.63, 3.8) is 0 Å². The summed E-state index contributed by atoms with van der Waals surface area (Å²) in [6.07, 6.45) is -3.09. The number of carbonyl (C=O) groups is 1. The average molecular weight is 556 g/mol. The molecule has 5 aromatic rings. The number of hydrogen-bond acceptors (Lipinski definition) is 5. The molecule has 0 unspecified atom stereocenters. The van der Waals surface area contributed by atoms with Crippen molar-refractivity contribution in [2.24, 2.45) is 7.05 Å². The Morgan fingerprint density at radius 3 is 2.46 bits per heavy atom. The van der Waals surface area contributed by atoms with Crippen LogP contribution in [-0.2, 0) is 36.2 Å². The highest BCUT2D eigenvalue weighted by Crippen LogP contribution is 2.33. The van der Waals surface area contributed by atoms with Crippen LogP contribution in [0.1, 0.15) is 34.2 Å². The van der Waals surface area contributed by atoms with Crippen molar-refractivity contribution in [2.45, 2.75) is 31.1 Å². The molecule has 0 bridgehead atoms. The number of benzene rings is 3. The molecule has 0 aliphatic heterocycles. The second kappa shape index (κ2) is 9.84. The number of carbonyl (C=O) groups excluding carboxylic acids is 1. The summed E-state index contributed by atoms with van der Waals surface area (Å²) in [5.41, 5.74) is 2.57. The zero-order valence-corrected chi connectivity index (χ0v) is 21.8. The number of aryl methyl sites for hydroxylation is 1. The van der Waals surface area contributed by atoms with E-state index in [1.54, 1.807) is 49.1 Å². The summed E-state index contributed by atoms with van der Waals surface area (Å²) in [5.74, 6) is -1.57. The number of sulfone groups is 1. The molecule has 0 saturated heterocycles. The predicted molar refractivity (Wildman–Crippen MR) is 140 cm³/mol. The van der Waals surface area contributed by atoms with Crippen LogP contribution >= 0.6 is 0 Å². The van der Waals surface area contributed by atoms with Crippen molar-refractivity contribution >= 4 is 37.7 Å². The molecule has 2 heterocycles. The fourth-order valence-corrected chi connectivity index (χ4v) is 5.34. The summed E-state index contributed by atoms with van der Waals surface area (Å²) in [4.78, 5) is 16.8. The molecule has 12 heteroatoms. The van der Waals surface area contributed by atoms with Gasteiger partial charge in [0.1, 0.15) is 0 Å². The van der Waals surface area contributed by atoms with Gasteiger partial charge in [0.05, 0.1) is 39.9 Å². The Bertz CT molecular complexity index is 1810. The van der Waals surface area contributed by atoms with E-state index in [1.165, 1.54) is 30.3 Å². The van der Waals surface area contributed by atoms with E-state index in [-0.39, 0.29) is 40.3 Å². The molecule has 1 amide bonds. The first-order valence-corrected chi connectivity index (χ1v) is 13.7. The fraction of sp³-hybridized carbons (Fsp3) is 0.222. The van der Waals surface area contributed by atoms with Gasteiger partial charge in [-0.05, 0) is 47.5 Å². The molecular weight excluding hydrogens is 531 g/mol. The lowest BCUT2D eigenvalue weighted by atomic mass is 10.1. The standard InChI is InChI=1S/C27H24F3N5O3S/c1-3-39(37,38)20-10-7-17(8-11-20)14-31-25(36)18-9-12-24-22(13-18)33-26(27(28,29)30)35(24)16-19-5-4-6-23-21(19)15-32-34(23)2/h4-13,15H,3,14,16H2,1-2H3,(H,31,36). The summed E-state index contributed by atoms with van der Waals surface area (Å²) < 4.78 is 68.6. The van der Waals surface area contributed by atoms with Crippen LogP contribution in [0.2, 0.25) is 0 Å². The molecule has 39 heavy (non-hydrogen) atoms. The second-order valence-electron chi connectivity index (χ2n) is 9.07. The third-order valence-electron chi connectivity index (χ3n) is 6.59. The van der Waals surface area contributed by atoms with Crippen LogP contribution in [0.15, 0.2) is 71.8 Å². The van der Waals surface area contributed by atoms with Gasteiger partial charge in [0.25, 0.3) is 5.91 Å². The van der Waals surface area contributed by atoms with Gasteiger partial charge in [-0.2, -0.15) is 18.3 Å². The fourth-order valence-electron chi connectivity index (χ4n) is 4.46. The Kier molecular flexibility index (Phi) is 6.67. The molecule has 5 rings (SSSR count). The molecule has 8 nitrogen and oxygen atoms in total. The Morgan fingerprint density at radius 2 is 1.77 bits per heavy atom. The summed E-state index contributed by atoms with van der Waals surface area (Å²) in [5, 5.41) is 7.66. The van der Waals surface area contributed by atoms with Crippen LogP contribution in [-0.4, -0.2) is 39.4 Å². The van der Waals surface area contributed by atoms with E-state index in [4.69, 9.17) is 0 Å². The monoisotopic (exact) mass is 555 g/mol. The van der Waals surface area contributed by atoms with E-state index >= 15 is 0 Å². The van der Waals surface area contributed by atoms with Gasteiger partial charge in [0.2, 0.25) is 5.82 Å². The summed E-state index contributed by atoms with van der Waals surface area (Å²) in [6.45, 7) is 1.59. The molecule has 0 spiro atoms. The van der Waals surface area contributed by atoms with Crippen molar-refractivity contribution in [2.75, 3.05) is 5.75 Å². The number of imidazole rings is 1. The Balaban J connectivity index is 1.41. The Morgan fingerprint density at radius 1 is 1.03 bits per heavy atom. The number of halogens is 3. The smallest absolute Gasteiger partial charge is 0.348 e. The van der Waals surface area contributed by atoms with Gasteiger partial charge in [-0.25, -0.2) is 13.4 Å². The van der Waals surface area contributed by atoms with Crippen molar-refractivity contribution in [1.29, 1.82) is 0 Å². The van der Waals surface area contributed by atoms with Gasteiger partial charge in [0, 0.05) is 24.5 Å². The maximum Gasteiger partial charge on any atom is 0.449 e. The number of nitrogens with one attached hydrogen (secondary N) is 1. The zero-order chi connectivity index (χ0) is 27.9. The number of nitrogens with zero attached hydrogens (tertiary/aromatic N) is 4. The molecular formula is C27H24F3N5O3S. The first-order valence-electron chi connectivity index (χ1n) is 12.0. The first-order chi connectivity index (χ1) is 18.5. The van der Waals surface area contributed by atoms with Gasteiger partial charge in [-0.3, -0.25) is 9.48 Å². The highest BCUT2D eigenvalue weighted by atomic mass is 32.2. The first kappa shape index (κ1) is 26.4. The van der Waals surface area contributed by atoms with Crippen LogP contribution in [0.25, 0.3) is 21.9 Å². The van der Waals surface area contributed by atoms with Crippen molar-refractivity contribution in [1.82, 2.24) is 24.6 Å². The molecule has 0 atom stereocenters. The van der Waals surface area contributed by atoms with E-state index < -0.39 is 27.7 Å². The van der Waals surface area contributed by atoms with Crippen molar-refractivity contribution in [3.05, 3.63) is 89.4 Å². The quantitative estimate of drug-likeness (QED) is 0.314. The lowest BCUT2D eigenvalue weighted by Gasteiger charge is -2.12. The minimum absolute atomic E-state index is 0.0173. The largest absolute Gasteiger partial charge is 0.449 e. The molecule has 1 N–H and O–H groups in total. The molecule has 202 valence electrons. The normalized spacial score (nSPS) is 12.3. The van der Waals surface area contributed by atoms with Crippen LogP contribution < -0.4 is 5.32 Å². The number of rotatable bonds is 7. The predicted octanol–water partition coefficient (Wildman–Crippen LogP) is 4.71. The van der Waals surface area contributed by atoms with Crippen LogP contribution in [0.5, 0.6) is 0 Å². The van der Waals surface area contributed by atoms with Crippen molar-refractivity contribution < 1.29 is 26.4 Å². The van der Waals surface area contributed by atoms with Crippen LogP contribution in [0, 0.1) is 0 Å². The highest BCUT2D eigenvalue weighted by Gasteiger charge is 2.37. The number of fused-ring (bicyclic) bond motifs is 2. The number of alkyl halides is 3. The van der Waals surface area contributed by atoms with Gasteiger partial charge in [0.15, 0.2) is 9.84 Å².